The standard InChI is InChI=1S/C20H19N3O4/c1-13(24)22-16-5-7-17(8-6-16)23-20(25)15(12-21)10-14-4-9-18(26-2)11-19(14)27-3/h4-11H,1-3H3,(H,22,24)(H,23,25)/b15-10+. The lowest BCUT2D eigenvalue weighted by Crippen LogP contribution is -2.13. The average molecular weight is 365 g/mol. The highest BCUT2D eigenvalue weighted by Crippen LogP contribution is 2.26. The third-order valence-corrected chi connectivity index (χ3v) is 3.57. The fraction of sp³-hybridized carbons (Fsp3) is 0.150. The molecule has 0 atom stereocenters. The average Bonchev–Trinajstić information content (AvgIpc) is 2.67. The molecule has 0 aliphatic carbocycles. The lowest BCUT2D eigenvalue weighted by molar-refractivity contribution is -0.114. The lowest BCUT2D eigenvalue weighted by atomic mass is 10.1. The van der Waals surface area contributed by atoms with Crippen molar-refractivity contribution in [3.63, 3.8) is 0 Å². The van der Waals surface area contributed by atoms with E-state index in [0.29, 0.717) is 28.4 Å². The minimum atomic E-state index is -0.553. The lowest BCUT2D eigenvalue weighted by Gasteiger charge is -2.09. The van der Waals surface area contributed by atoms with Crippen molar-refractivity contribution in [2.24, 2.45) is 0 Å². The zero-order chi connectivity index (χ0) is 19.8. The maximum Gasteiger partial charge on any atom is 0.266 e. The van der Waals surface area contributed by atoms with Gasteiger partial charge in [-0.15, -0.1) is 0 Å². The Hall–Kier alpha value is -3.79. The van der Waals surface area contributed by atoms with Gasteiger partial charge in [-0.1, -0.05) is 0 Å². The minimum absolute atomic E-state index is 0.0793. The second-order valence-electron chi connectivity index (χ2n) is 5.49. The van der Waals surface area contributed by atoms with E-state index in [1.54, 1.807) is 42.5 Å². The molecule has 7 nitrogen and oxygen atoms in total. The van der Waals surface area contributed by atoms with Crippen LogP contribution < -0.4 is 20.1 Å². The second kappa shape index (κ2) is 9.06. The van der Waals surface area contributed by atoms with Gasteiger partial charge in [0, 0.05) is 29.9 Å². The summed E-state index contributed by atoms with van der Waals surface area (Å²) in [5, 5.41) is 14.6. The maximum atomic E-state index is 12.4. The summed E-state index contributed by atoms with van der Waals surface area (Å²) in [4.78, 5) is 23.4. The third kappa shape index (κ3) is 5.34. The van der Waals surface area contributed by atoms with Crippen molar-refractivity contribution in [2.75, 3.05) is 24.9 Å². The number of ether oxygens (including phenoxy) is 2. The number of benzene rings is 2. The predicted octanol–water partition coefficient (Wildman–Crippen LogP) is 3.21. The number of hydrogen-bond donors (Lipinski definition) is 2. The number of methoxy groups -OCH3 is 2. The number of amides is 2. The Labute approximate surface area is 157 Å². The van der Waals surface area contributed by atoms with Crippen molar-refractivity contribution in [1.82, 2.24) is 0 Å². The quantitative estimate of drug-likeness (QED) is 0.605. The molecule has 27 heavy (non-hydrogen) atoms. The van der Waals surface area contributed by atoms with Crippen molar-refractivity contribution in [3.8, 4) is 17.6 Å². The SMILES string of the molecule is COc1ccc(/C=C(\C#N)C(=O)Nc2ccc(NC(C)=O)cc2)c(OC)c1. The molecule has 0 spiro atoms. The highest BCUT2D eigenvalue weighted by Gasteiger charge is 2.12. The molecule has 0 fully saturated rings. The van der Waals surface area contributed by atoms with Crippen molar-refractivity contribution in [1.29, 1.82) is 5.26 Å². The first-order valence-corrected chi connectivity index (χ1v) is 7.99. The first kappa shape index (κ1) is 19.5. The number of nitrogens with zero attached hydrogens (tertiary/aromatic N) is 1. The van der Waals surface area contributed by atoms with E-state index >= 15 is 0 Å². The predicted molar refractivity (Wildman–Crippen MR) is 103 cm³/mol. The van der Waals surface area contributed by atoms with Gasteiger partial charge in [-0.05, 0) is 42.5 Å². The molecule has 2 aromatic rings. The van der Waals surface area contributed by atoms with Crippen molar-refractivity contribution < 1.29 is 19.1 Å². The monoisotopic (exact) mass is 365 g/mol. The molecule has 0 heterocycles. The normalized spacial score (nSPS) is 10.5. The number of anilines is 2. The Morgan fingerprint density at radius 1 is 1.00 bits per heavy atom. The molecular weight excluding hydrogens is 346 g/mol. The van der Waals surface area contributed by atoms with Crippen LogP contribution in [0.15, 0.2) is 48.0 Å². The maximum absolute atomic E-state index is 12.4. The van der Waals surface area contributed by atoms with Gasteiger partial charge in [-0.25, -0.2) is 0 Å². The fourth-order valence-corrected chi connectivity index (χ4v) is 2.28. The smallest absolute Gasteiger partial charge is 0.266 e. The van der Waals surface area contributed by atoms with Crippen LogP contribution in [0.1, 0.15) is 12.5 Å². The van der Waals surface area contributed by atoms with Crippen molar-refractivity contribution in [2.45, 2.75) is 6.92 Å². The van der Waals surface area contributed by atoms with Crippen LogP contribution in [0.25, 0.3) is 6.08 Å². The van der Waals surface area contributed by atoms with E-state index in [-0.39, 0.29) is 11.5 Å². The molecule has 0 unspecified atom stereocenters. The molecule has 0 aromatic heterocycles. The molecule has 0 radical (unpaired) electrons. The van der Waals surface area contributed by atoms with Gasteiger partial charge >= 0.3 is 0 Å². The van der Waals surface area contributed by atoms with Crippen LogP contribution in [-0.2, 0) is 9.59 Å². The molecular formula is C20H19N3O4. The molecule has 0 aliphatic rings. The van der Waals surface area contributed by atoms with Gasteiger partial charge in [-0.2, -0.15) is 5.26 Å². The Morgan fingerprint density at radius 3 is 2.15 bits per heavy atom. The van der Waals surface area contributed by atoms with Crippen LogP contribution >= 0.6 is 0 Å². The Kier molecular flexibility index (Phi) is 6.55. The van der Waals surface area contributed by atoms with Crippen molar-refractivity contribution in [3.05, 3.63) is 53.6 Å². The second-order valence-corrected chi connectivity index (χ2v) is 5.49. The van der Waals surface area contributed by atoms with Gasteiger partial charge < -0.3 is 20.1 Å². The Balaban J connectivity index is 2.19. The zero-order valence-electron chi connectivity index (χ0n) is 15.2. The number of hydrogen-bond acceptors (Lipinski definition) is 5. The summed E-state index contributed by atoms with van der Waals surface area (Å²) in [5.41, 5.74) is 1.60. The van der Waals surface area contributed by atoms with E-state index in [1.807, 2.05) is 6.07 Å². The van der Waals surface area contributed by atoms with Gasteiger partial charge in [0.15, 0.2) is 0 Å². The van der Waals surface area contributed by atoms with Crippen LogP contribution in [0.2, 0.25) is 0 Å². The molecule has 0 bridgehead atoms. The van der Waals surface area contributed by atoms with E-state index in [9.17, 15) is 14.9 Å². The first-order chi connectivity index (χ1) is 13.0. The molecule has 2 amide bonds. The van der Waals surface area contributed by atoms with Gasteiger partial charge in [0.2, 0.25) is 5.91 Å². The summed E-state index contributed by atoms with van der Waals surface area (Å²) in [7, 11) is 3.03. The van der Waals surface area contributed by atoms with E-state index in [4.69, 9.17) is 9.47 Å². The molecule has 7 heteroatoms. The van der Waals surface area contributed by atoms with Crippen LogP contribution in [0.4, 0.5) is 11.4 Å². The summed E-state index contributed by atoms with van der Waals surface area (Å²) in [5.74, 6) is 0.346. The van der Waals surface area contributed by atoms with E-state index in [2.05, 4.69) is 10.6 Å². The highest BCUT2D eigenvalue weighted by molar-refractivity contribution is 6.10. The molecule has 0 aliphatic heterocycles. The summed E-state index contributed by atoms with van der Waals surface area (Å²) in [6, 6.07) is 13.5. The number of rotatable bonds is 6. The highest BCUT2D eigenvalue weighted by atomic mass is 16.5. The third-order valence-electron chi connectivity index (χ3n) is 3.57. The molecule has 2 rings (SSSR count). The minimum Gasteiger partial charge on any atom is -0.497 e. The summed E-state index contributed by atoms with van der Waals surface area (Å²) >= 11 is 0. The fourth-order valence-electron chi connectivity index (χ4n) is 2.28. The van der Waals surface area contributed by atoms with Crippen molar-refractivity contribution >= 4 is 29.3 Å². The summed E-state index contributed by atoms with van der Waals surface area (Å²) in [6.07, 6.45) is 1.44. The number of carbonyl (C=O) groups excluding carboxylic acids is 2. The van der Waals surface area contributed by atoms with E-state index < -0.39 is 5.91 Å². The van der Waals surface area contributed by atoms with Gasteiger partial charge in [0.25, 0.3) is 5.91 Å². The molecule has 0 saturated carbocycles. The van der Waals surface area contributed by atoms with Crippen LogP contribution in [0.5, 0.6) is 11.5 Å². The molecule has 2 aromatic carbocycles. The molecule has 138 valence electrons. The van der Waals surface area contributed by atoms with Crippen LogP contribution in [0, 0.1) is 11.3 Å². The van der Waals surface area contributed by atoms with Crippen LogP contribution in [-0.4, -0.2) is 26.0 Å². The van der Waals surface area contributed by atoms with E-state index in [0.717, 1.165) is 0 Å². The first-order valence-electron chi connectivity index (χ1n) is 7.99. The number of nitriles is 1. The van der Waals surface area contributed by atoms with E-state index in [1.165, 1.54) is 27.2 Å². The largest absolute Gasteiger partial charge is 0.497 e. The topological polar surface area (TPSA) is 100 Å². The number of carbonyl (C=O) groups is 2. The Bertz CT molecular complexity index is 912. The zero-order valence-corrected chi connectivity index (χ0v) is 15.2. The van der Waals surface area contributed by atoms with Gasteiger partial charge in [0.1, 0.15) is 23.1 Å². The van der Waals surface area contributed by atoms with Gasteiger partial charge in [-0.3, -0.25) is 9.59 Å². The summed E-state index contributed by atoms with van der Waals surface area (Å²) < 4.78 is 10.4. The Morgan fingerprint density at radius 2 is 1.63 bits per heavy atom. The number of nitrogens with one attached hydrogen (secondary N) is 2. The van der Waals surface area contributed by atoms with Crippen LogP contribution in [0.3, 0.4) is 0 Å². The molecule has 0 saturated heterocycles. The molecule has 2 N–H and O–H groups in total. The van der Waals surface area contributed by atoms with Gasteiger partial charge in [0.05, 0.1) is 14.2 Å². The summed E-state index contributed by atoms with van der Waals surface area (Å²) in [6.45, 7) is 1.41.